The standard InChI is InChI=1S/C11H14N2/c1-2-4-10(5-3-1)13-8-9-6-11(13)7-12-9/h1-5,9,11-12H,6-8H2/t9-,11-/m0/s1. The molecule has 1 N–H and O–H groups in total. The first kappa shape index (κ1) is 7.39. The van der Waals surface area contributed by atoms with E-state index in [1.807, 2.05) is 0 Å². The number of para-hydroxylation sites is 1. The van der Waals surface area contributed by atoms with Crippen LogP contribution < -0.4 is 10.2 Å². The molecule has 2 nitrogen and oxygen atoms in total. The average Bonchev–Trinajstić information content (AvgIpc) is 2.80. The number of anilines is 1. The minimum Gasteiger partial charge on any atom is -0.366 e. The molecule has 2 heterocycles. The molecule has 3 rings (SSSR count). The zero-order chi connectivity index (χ0) is 8.67. The van der Waals surface area contributed by atoms with E-state index in [-0.39, 0.29) is 0 Å². The fourth-order valence-corrected chi connectivity index (χ4v) is 2.50. The number of fused-ring (bicyclic) bond motifs is 2. The molecule has 0 saturated carbocycles. The number of nitrogens with zero attached hydrogens (tertiary/aromatic N) is 1. The maximum atomic E-state index is 3.51. The lowest BCUT2D eigenvalue weighted by Crippen LogP contribution is -2.43. The molecule has 0 radical (unpaired) electrons. The van der Waals surface area contributed by atoms with Crippen molar-refractivity contribution in [2.75, 3.05) is 18.0 Å². The van der Waals surface area contributed by atoms with E-state index < -0.39 is 0 Å². The van der Waals surface area contributed by atoms with Crippen LogP contribution in [-0.2, 0) is 0 Å². The van der Waals surface area contributed by atoms with Crippen LogP contribution in [0.15, 0.2) is 30.3 Å². The fourth-order valence-electron chi connectivity index (χ4n) is 2.50. The Labute approximate surface area is 78.6 Å². The third-order valence-corrected chi connectivity index (χ3v) is 3.14. The van der Waals surface area contributed by atoms with Gasteiger partial charge in [0.1, 0.15) is 0 Å². The van der Waals surface area contributed by atoms with Crippen molar-refractivity contribution >= 4 is 5.69 Å². The second-order valence-corrected chi connectivity index (χ2v) is 3.98. The van der Waals surface area contributed by atoms with E-state index in [9.17, 15) is 0 Å². The fraction of sp³-hybridized carbons (Fsp3) is 0.455. The molecule has 2 fully saturated rings. The van der Waals surface area contributed by atoms with Gasteiger partial charge in [0.05, 0.1) is 0 Å². The topological polar surface area (TPSA) is 15.3 Å². The summed E-state index contributed by atoms with van der Waals surface area (Å²) in [5, 5.41) is 3.51. The Morgan fingerprint density at radius 3 is 2.69 bits per heavy atom. The van der Waals surface area contributed by atoms with Gasteiger partial charge in [-0.3, -0.25) is 0 Å². The number of hydrogen-bond donors (Lipinski definition) is 1. The monoisotopic (exact) mass is 174 g/mol. The first-order chi connectivity index (χ1) is 6.43. The molecular formula is C11H14N2. The maximum Gasteiger partial charge on any atom is 0.0430 e. The summed E-state index contributed by atoms with van der Waals surface area (Å²) in [5.41, 5.74) is 1.39. The summed E-state index contributed by atoms with van der Waals surface area (Å²) in [4.78, 5) is 2.53. The molecule has 2 aliphatic rings. The molecule has 0 aliphatic carbocycles. The predicted molar refractivity (Wildman–Crippen MR) is 54.0 cm³/mol. The van der Waals surface area contributed by atoms with Gasteiger partial charge in [-0.2, -0.15) is 0 Å². The van der Waals surface area contributed by atoms with Gasteiger partial charge in [0, 0.05) is 30.9 Å². The van der Waals surface area contributed by atoms with Crippen LogP contribution in [0.1, 0.15) is 6.42 Å². The summed E-state index contributed by atoms with van der Waals surface area (Å²) in [5.74, 6) is 0. The SMILES string of the molecule is c1ccc(N2C[C@@H]3C[C@H]2CN3)cc1. The van der Waals surface area contributed by atoms with Crippen molar-refractivity contribution in [1.82, 2.24) is 5.32 Å². The number of piperazine rings is 1. The number of benzene rings is 1. The van der Waals surface area contributed by atoms with Gasteiger partial charge in [0.25, 0.3) is 0 Å². The average molecular weight is 174 g/mol. The van der Waals surface area contributed by atoms with Crippen molar-refractivity contribution in [3.8, 4) is 0 Å². The second-order valence-electron chi connectivity index (χ2n) is 3.98. The Bertz CT molecular complexity index is 296. The van der Waals surface area contributed by atoms with Crippen molar-refractivity contribution in [3.63, 3.8) is 0 Å². The third kappa shape index (κ3) is 1.13. The highest BCUT2D eigenvalue weighted by Gasteiger charge is 2.37. The largest absolute Gasteiger partial charge is 0.366 e. The summed E-state index contributed by atoms with van der Waals surface area (Å²) >= 11 is 0. The highest BCUT2D eigenvalue weighted by atomic mass is 15.3. The van der Waals surface area contributed by atoms with Crippen LogP contribution in [0.2, 0.25) is 0 Å². The van der Waals surface area contributed by atoms with Crippen LogP contribution >= 0.6 is 0 Å². The van der Waals surface area contributed by atoms with E-state index in [1.54, 1.807) is 0 Å². The number of nitrogens with one attached hydrogen (secondary N) is 1. The maximum absolute atomic E-state index is 3.51. The normalized spacial score (nSPS) is 31.2. The van der Waals surface area contributed by atoms with Crippen LogP contribution in [0.3, 0.4) is 0 Å². The van der Waals surface area contributed by atoms with Gasteiger partial charge in [-0.05, 0) is 18.6 Å². The molecule has 0 amide bonds. The molecule has 13 heavy (non-hydrogen) atoms. The van der Waals surface area contributed by atoms with Crippen LogP contribution in [0.25, 0.3) is 0 Å². The molecule has 2 heteroatoms. The van der Waals surface area contributed by atoms with Crippen LogP contribution in [-0.4, -0.2) is 25.2 Å². The minimum atomic E-state index is 0.741. The molecule has 1 aromatic carbocycles. The van der Waals surface area contributed by atoms with Crippen molar-refractivity contribution in [1.29, 1.82) is 0 Å². The molecule has 68 valence electrons. The van der Waals surface area contributed by atoms with Gasteiger partial charge in [-0.25, -0.2) is 0 Å². The van der Waals surface area contributed by atoms with Gasteiger partial charge in [-0.15, -0.1) is 0 Å². The molecule has 0 aromatic heterocycles. The summed E-state index contributed by atoms with van der Waals surface area (Å²) in [6.45, 7) is 2.36. The van der Waals surface area contributed by atoms with Crippen molar-refractivity contribution in [3.05, 3.63) is 30.3 Å². The molecule has 0 spiro atoms. The minimum absolute atomic E-state index is 0.741. The van der Waals surface area contributed by atoms with E-state index >= 15 is 0 Å². The Kier molecular flexibility index (Phi) is 1.56. The van der Waals surface area contributed by atoms with E-state index in [0.717, 1.165) is 12.1 Å². The van der Waals surface area contributed by atoms with E-state index in [1.165, 1.54) is 25.2 Å². The lowest BCUT2D eigenvalue weighted by Gasteiger charge is -2.29. The quantitative estimate of drug-likeness (QED) is 0.689. The van der Waals surface area contributed by atoms with Crippen LogP contribution in [0, 0.1) is 0 Å². The lowest BCUT2D eigenvalue weighted by atomic mass is 10.2. The number of rotatable bonds is 1. The van der Waals surface area contributed by atoms with Crippen molar-refractivity contribution in [2.24, 2.45) is 0 Å². The Morgan fingerprint density at radius 2 is 2.08 bits per heavy atom. The molecule has 0 unspecified atom stereocenters. The number of hydrogen-bond acceptors (Lipinski definition) is 2. The van der Waals surface area contributed by atoms with Crippen LogP contribution in [0.4, 0.5) is 5.69 Å². The smallest absolute Gasteiger partial charge is 0.0430 e. The molecule has 2 saturated heterocycles. The first-order valence-electron chi connectivity index (χ1n) is 4.98. The van der Waals surface area contributed by atoms with E-state index in [2.05, 4.69) is 40.5 Å². The summed E-state index contributed by atoms with van der Waals surface area (Å²) < 4.78 is 0. The van der Waals surface area contributed by atoms with Crippen LogP contribution in [0.5, 0.6) is 0 Å². The Hall–Kier alpha value is -1.02. The molecule has 2 bridgehead atoms. The molecular weight excluding hydrogens is 160 g/mol. The zero-order valence-corrected chi connectivity index (χ0v) is 7.61. The summed E-state index contributed by atoms with van der Waals surface area (Å²) in [6.07, 6.45) is 1.33. The van der Waals surface area contributed by atoms with Gasteiger partial charge in [0.2, 0.25) is 0 Å². The first-order valence-corrected chi connectivity index (χ1v) is 4.98. The molecule has 2 aliphatic heterocycles. The van der Waals surface area contributed by atoms with Gasteiger partial charge in [0.15, 0.2) is 0 Å². The molecule has 1 aromatic rings. The van der Waals surface area contributed by atoms with Crippen molar-refractivity contribution < 1.29 is 0 Å². The van der Waals surface area contributed by atoms with Crippen molar-refractivity contribution in [2.45, 2.75) is 18.5 Å². The third-order valence-electron chi connectivity index (χ3n) is 3.14. The highest BCUT2D eigenvalue weighted by molar-refractivity contribution is 5.49. The van der Waals surface area contributed by atoms with Gasteiger partial charge >= 0.3 is 0 Å². The predicted octanol–water partition coefficient (Wildman–Crippen LogP) is 1.24. The van der Waals surface area contributed by atoms with Gasteiger partial charge in [-0.1, -0.05) is 18.2 Å². The van der Waals surface area contributed by atoms with E-state index in [4.69, 9.17) is 0 Å². The molecule has 2 atom stereocenters. The van der Waals surface area contributed by atoms with Gasteiger partial charge < -0.3 is 10.2 Å². The lowest BCUT2D eigenvalue weighted by molar-refractivity contribution is 0.580. The highest BCUT2D eigenvalue weighted by Crippen LogP contribution is 2.28. The Balaban J connectivity index is 1.87. The Morgan fingerprint density at radius 1 is 1.23 bits per heavy atom. The second kappa shape index (κ2) is 2.74. The zero-order valence-electron chi connectivity index (χ0n) is 7.61. The summed E-state index contributed by atoms with van der Waals surface area (Å²) in [6, 6.07) is 12.2. The van der Waals surface area contributed by atoms with E-state index in [0.29, 0.717) is 0 Å². The summed E-state index contributed by atoms with van der Waals surface area (Å²) in [7, 11) is 0.